The molecule has 0 N–H and O–H groups in total. The largest absolute Gasteiger partial charge is 0.349 e. The number of hydrogen-bond acceptors (Lipinski definition) is 1. The van der Waals surface area contributed by atoms with Crippen molar-refractivity contribution in [2.45, 2.75) is 19.6 Å². The van der Waals surface area contributed by atoms with Crippen LogP contribution >= 0.6 is 0 Å². The molecule has 0 saturated heterocycles. The van der Waals surface area contributed by atoms with E-state index in [9.17, 15) is 4.79 Å². The van der Waals surface area contributed by atoms with Crippen LogP contribution in [0.25, 0.3) is 0 Å². The zero-order chi connectivity index (χ0) is 9.35. The second kappa shape index (κ2) is 2.90. The van der Waals surface area contributed by atoms with Crippen LogP contribution in [0.3, 0.4) is 0 Å². The van der Waals surface area contributed by atoms with E-state index in [-0.39, 0.29) is 0 Å². The van der Waals surface area contributed by atoms with Crippen molar-refractivity contribution in [3.8, 4) is 0 Å². The normalized spacial score (nSPS) is 11.7. The lowest BCUT2D eigenvalue weighted by atomic mass is 10.5. The van der Waals surface area contributed by atoms with Gasteiger partial charge in [0, 0.05) is 12.4 Å². The summed E-state index contributed by atoms with van der Waals surface area (Å²) in [7, 11) is 0.686. The highest BCUT2D eigenvalue weighted by Crippen LogP contribution is 2.04. The Kier molecular flexibility index (Phi) is 2.24. The summed E-state index contributed by atoms with van der Waals surface area (Å²) in [6.45, 7) is 6.82. The molecule has 0 saturated carbocycles. The number of rotatable bonds is 2. The van der Waals surface area contributed by atoms with Crippen LogP contribution in [0.5, 0.6) is 0 Å². The summed E-state index contributed by atoms with van der Waals surface area (Å²) in [5, 5.41) is 1.32. The van der Waals surface area contributed by atoms with Crippen molar-refractivity contribution in [1.82, 2.24) is 4.57 Å². The van der Waals surface area contributed by atoms with Gasteiger partial charge in [-0.25, -0.2) is 0 Å². The first-order valence-electron chi connectivity index (χ1n) is 4.08. The third-order valence-electron chi connectivity index (χ3n) is 2.05. The molecule has 0 spiro atoms. The van der Waals surface area contributed by atoms with Crippen LogP contribution in [0, 0.1) is 0 Å². The van der Waals surface area contributed by atoms with E-state index in [1.54, 1.807) is 0 Å². The Labute approximate surface area is 74.2 Å². The maximum Gasteiger partial charge on any atom is 0.166 e. The molecular weight excluding hydrogens is 166 g/mol. The molecule has 0 aromatic carbocycles. The summed E-state index contributed by atoms with van der Waals surface area (Å²) >= 11 is 0. The topological polar surface area (TPSA) is 22.0 Å². The third-order valence-corrected chi connectivity index (χ3v) is 4.09. The van der Waals surface area contributed by atoms with E-state index < -0.39 is 8.07 Å². The number of hydrogen-bond donors (Lipinski definition) is 0. The molecule has 0 aliphatic carbocycles. The lowest BCUT2D eigenvalue weighted by Gasteiger charge is -2.17. The van der Waals surface area contributed by atoms with Gasteiger partial charge in [0.05, 0.1) is 13.8 Å². The van der Waals surface area contributed by atoms with Gasteiger partial charge >= 0.3 is 0 Å². The van der Waals surface area contributed by atoms with Crippen molar-refractivity contribution >= 4 is 19.7 Å². The summed E-state index contributed by atoms with van der Waals surface area (Å²) in [6, 6.07) is 3.95. The minimum Gasteiger partial charge on any atom is -0.349 e. The summed E-state index contributed by atoms with van der Waals surface area (Å²) in [5.74, 6) is 0. The molecule has 0 radical (unpaired) electrons. The number of carbonyl (C=O) groups is 1. The van der Waals surface area contributed by atoms with Gasteiger partial charge in [0.1, 0.15) is 0 Å². The molecule has 1 heterocycles. The first kappa shape index (κ1) is 9.26. The van der Waals surface area contributed by atoms with Crippen LogP contribution in [-0.2, 0) is 7.05 Å². The van der Waals surface area contributed by atoms with E-state index in [2.05, 4.69) is 25.7 Å². The average molecular weight is 181 g/mol. The van der Waals surface area contributed by atoms with Gasteiger partial charge in [-0.1, -0.05) is 19.6 Å². The molecule has 0 amide bonds. The van der Waals surface area contributed by atoms with Crippen molar-refractivity contribution in [2.24, 2.45) is 7.05 Å². The predicted octanol–water partition coefficient (Wildman–Crippen LogP) is 1.38. The fraction of sp³-hybridized carbons (Fsp3) is 0.444. The Hall–Kier alpha value is -0.833. The van der Waals surface area contributed by atoms with Crippen LogP contribution in [0.2, 0.25) is 19.6 Å². The lowest BCUT2D eigenvalue weighted by Crippen LogP contribution is -2.42. The number of carbonyl (C=O) groups excluding carboxylic acids is 1. The molecule has 1 rings (SSSR count). The highest BCUT2D eigenvalue weighted by Gasteiger charge is 2.20. The molecule has 66 valence electrons. The quantitative estimate of drug-likeness (QED) is 0.499. The van der Waals surface area contributed by atoms with Gasteiger partial charge in [-0.05, 0) is 12.1 Å². The Balaban J connectivity index is 3.19. The Morgan fingerprint density at radius 2 is 1.92 bits per heavy atom. The zero-order valence-corrected chi connectivity index (χ0v) is 9.09. The zero-order valence-electron chi connectivity index (χ0n) is 8.09. The summed E-state index contributed by atoms with van der Waals surface area (Å²) in [5.41, 5.74) is 0.771. The lowest BCUT2D eigenvalue weighted by molar-refractivity contribution is 0.111. The molecule has 1 aromatic rings. The Morgan fingerprint density at radius 3 is 2.17 bits per heavy atom. The van der Waals surface area contributed by atoms with E-state index >= 15 is 0 Å². The van der Waals surface area contributed by atoms with Gasteiger partial charge in [0.25, 0.3) is 0 Å². The second-order valence-corrected chi connectivity index (χ2v) is 9.08. The molecule has 0 bridgehead atoms. The van der Waals surface area contributed by atoms with Crippen LogP contribution in [-0.4, -0.2) is 18.9 Å². The molecular formula is C9H15NOSi. The molecule has 3 heteroatoms. The van der Waals surface area contributed by atoms with Gasteiger partial charge in [0.15, 0.2) is 6.29 Å². The Morgan fingerprint density at radius 1 is 1.33 bits per heavy atom. The summed E-state index contributed by atoms with van der Waals surface area (Å²) < 4.78 is 2.00. The molecule has 2 nitrogen and oxygen atoms in total. The fourth-order valence-corrected chi connectivity index (χ4v) is 3.12. The highest BCUT2D eigenvalue weighted by atomic mass is 28.3. The van der Waals surface area contributed by atoms with E-state index in [1.165, 1.54) is 5.32 Å². The minimum atomic E-state index is -1.27. The van der Waals surface area contributed by atoms with Gasteiger partial charge in [-0.15, -0.1) is 0 Å². The van der Waals surface area contributed by atoms with Gasteiger partial charge in [-0.2, -0.15) is 0 Å². The van der Waals surface area contributed by atoms with Crippen molar-refractivity contribution in [3.63, 3.8) is 0 Å². The third kappa shape index (κ3) is 1.50. The smallest absolute Gasteiger partial charge is 0.166 e. The maximum atomic E-state index is 10.6. The van der Waals surface area contributed by atoms with Crippen LogP contribution in [0.15, 0.2) is 12.1 Å². The van der Waals surface area contributed by atoms with Gasteiger partial charge in [0.2, 0.25) is 0 Å². The van der Waals surface area contributed by atoms with Crippen molar-refractivity contribution in [3.05, 3.63) is 17.8 Å². The van der Waals surface area contributed by atoms with E-state index in [0.717, 1.165) is 12.0 Å². The van der Waals surface area contributed by atoms with Crippen molar-refractivity contribution in [2.75, 3.05) is 0 Å². The molecule has 0 unspecified atom stereocenters. The SMILES string of the molecule is Cn1c(C=O)ccc1[Si](C)(C)C. The predicted molar refractivity (Wildman–Crippen MR) is 53.8 cm³/mol. The summed E-state index contributed by atoms with van der Waals surface area (Å²) in [4.78, 5) is 10.6. The number of aldehydes is 1. The molecule has 0 fully saturated rings. The highest BCUT2D eigenvalue weighted by molar-refractivity contribution is 6.88. The van der Waals surface area contributed by atoms with Crippen LogP contribution in [0.4, 0.5) is 0 Å². The van der Waals surface area contributed by atoms with Crippen LogP contribution < -0.4 is 5.32 Å². The fourth-order valence-electron chi connectivity index (χ4n) is 1.40. The molecule has 0 atom stereocenters. The van der Waals surface area contributed by atoms with Crippen molar-refractivity contribution in [1.29, 1.82) is 0 Å². The van der Waals surface area contributed by atoms with E-state index in [4.69, 9.17) is 0 Å². The Bertz CT molecular complexity index is 296. The van der Waals surface area contributed by atoms with E-state index in [0.29, 0.717) is 0 Å². The first-order chi connectivity index (χ1) is 5.46. The minimum absolute atomic E-state index is 0.771. The molecule has 0 aliphatic rings. The van der Waals surface area contributed by atoms with Crippen LogP contribution in [0.1, 0.15) is 10.5 Å². The first-order valence-corrected chi connectivity index (χ1v) is 7.58. The van der Waals surface area contributed by atoms with Gasteiger partial charge in [-0.3, -0.25) is 4.79 Å². The second-order valence-electron chi connectivity index (χ2n) is 4.07. The monoisotopic (exact) mass is 181 g/mol. The maximum absolute atomic E-state index is 10.6. The number of aromatic nitrogens is 1. The van der Waals surface area contributed by atoms with E-state index in [1.807, 2.05) is 17.7 Å². The number of nitrogens with zero attached hydrogens (tertiary/aromatic N) is 1. The summed E-state index contributed by atoms with van der Waals surface area (Å²) in [6.07, 6.45) is 0.906. The average Bonchev–Trinajstić information content (AvgIpc) is 2.29. The standard InChI is InChI=1S/C9H15NOSi/c1-10-8(7-11)5-6-9(10)12(2,3)4/h5-7H,1-4H3. The molecule has 0 aliphatic heterocycles. The molecule has 12 heavy (non-hydrogen) atoms. The van der Waals surface area contributed by atoms with Gasteiger partial charge < -0.3 is 4.57 Å². The molecule has 1 aromatic heterocycles. The van der Waals surface area contributed by atoms with Crippen molar-refractivity contribution < 1.29 is 4.79 Å².